The Morgan fingerprint density at radius 1 is 1.33 bits per heavy atom. The van der Waals surface area contributed by atoms with Gasteiger partial charge in [-0.05, 0) is 0 Å². The Kier molecular flexibility index (Phi) is 5.50. The molecule has 0 radical (unpaired) electrons. The van der Waals surface area contributed by atoms with Crippen molar-refractivity contribution in [3.8, 4) is 11.5 Å². The minimum atomic E-state index is -0.195. The normalized spacial score (nSPS) is 12.1. The van der Waals surface area contributed by atoms with Gasteiger partial charge in [0, 0.05) is 30.9 Å². The highest BCUT2D eigenvalue weighted by Gasteiger charge is 2.17. The maximum atomic E-state index is 12.1. The summed E-state index contributed by atoms with van der Waals surface area (Å²) in [4.78, 5) is 16.3. The van der Waals surface area contributed by atoms with E-state index >= 15 is 0 Å². The van der Waals surface area contributed by atoms with E-state index in [4.69, 9.17) is 19.7 Å². The summed E-state index contributed by atoms with van der Waals surface area (Å²) in [6.07, 6.45) is 0.587. The van der Waals surface area contributed by atoms with Gasteiger partial charge >= 0.3 is 0 Å². The van der Waals surface area contributed by atoms with Crippen LogP contribution in [0.4, 0.5) is 11.4 Å². The quantitative estimate of drug-likeness (QED) is 0.793. The van der Waals surface area contributed by atoms with Crippen molar-refractivity contribution in [2.45, 2.75) is 32.6 Å². The molecule has 8 nitrogen and oxygen atoms in total. The molecule has 3 rings (SSSR count). The zero-order valence-corrected chi connectivity index (χ0v) is 14.2. The molecular weight excluding hydrogens is 336 g/mol. The first-order chi connectivity index (χ1) is 11.0. The zero-order valence-electron chi connectivity index (χ0n) is 13.4. The number of aryl methyl sites for hydroxylation is 1. The highest BCUT2D eigenvalue weighted by molar-refractivity contribution is 5.94. The van der Waals surface area contributed by atoms with Gasteiger partial charge in [-0.2, -0.15) is 4.98 Å². The summed E-state index contributed by atoms with van der Waals surface area (Å²) >= 11 is 0. The van der Waals surface area contributed by atoms with E-state index in [2.05, 4.69) is 15.5 Å². The third-order valence-corrected chi connectivity index (χ3v) is 3.38. The average molecular weight is 355 g/mol. The highest BCUT2D eigenvalue weighted by atomic mass is 35.5. The van der Waals surface area contributed by atoms with E-state index in [1.165, 1.54) is 0 Å². The molecule has 1 aliphatic heterocycles. The van der Waals surface area contributed by atoms with E-state index in [1.54, 1.807) is 12.1 Å². The second-order valence-electron chi connectivity index (χ2n) is 5.54. The summed E-state index contributed by atoms with van der Waals surface area (Å²) in [5.74, 6) is 2.22. The minimum Gasteiger partial charge on any atom is -0.454 e. The Labute approximate surface area is 145 Å². The van der Waals surface area contributed by atoms with Gasteiger partial charge in [0.05, 0.1) is 11.4 Å². The Morgan fingerprint density at radius 2 is 2.04 bits per heavy atom. The van der Waals surface area contributed by atoms with Gasteiger partial charge in [0.15, 0.2) is 17.3 Å². The van der Waals surface area contributed by atoms with Crippen molar-refractivity contribution in [3.05, 3.63) is 23.8 Å². The lowest BCUT2D eigenvalue weighted by Gasteiger charge is -2.08. The van der Waals surface area contributed by atoms with Gasteiger partial charge < -0.3 is 25.0 Å². The summed E-state index contributed by atoms with van der Waals surface area (Å²) in [6.45, 7) is 4.11. The molecule has 0 saturated carbocycles. The molecule has 1 aromatic heterocycles. The van der Waals surface area contributed by atoms with Crippen molar-refractivity contribution >= 4 is 29.7 Å². The van der Waals surface area contributed by atoms with Crippen molar-refractivity contribution in [2.75, 3.05) is 17.8 Å². The number of aromatic nitrogens is 2. The number of carbonyl (C=O) groups is 1. The highest BCUT2D eigenvalue weighted by Crippen LogP contribution is 2.38. The lowest BCUT2D eigenvalue weighted by Crippen LogP contribution is -2.13. The second-order valence-corrected chi connectivity index (χ2v) is 5.54. The van der Waals surface area contributed by atoms with Gasteiger partial charge in [-0.1, -0.05) is 19.0 Å². The molecule has 3 N–H and O–H groups in total. The number of anilines is 2. The Hall–Kier alpha value is -2.48. The number of rotatable bonds is 5. The number of carbonyl (C=O) groups excluding carboxylic acids is 1. The van der Waals surface area contributed by atoms with E-state index < -0.39 is 0 Å². The number of hydrogen-bond donors (Lipinski definition) is 2. The number of nitrogens with zero attached hydrogens (tertiary/aromatic N) is 2. The van der Waals surface area contributed by atoms with E-state index in [1.807, 2.05) is 13.8 Å². The van der Waals surface area contributed by atoms with Crippen molar-refractivity contribution in [1.29, 1.82) is 0 Å². The van der Waals surface area contributed by atoms with Gasteiger partial charge in [0.1, 0.15) is 0 Å². The molecule has 1 aliphatic rings. The monoisotopic (exact) mass is 354 g/mol. The second kappa shape index (κ2) is 7.39. The number of ether oxygens (including phenoxy) is 2. The van der Waals surface area contributed by atoms with Gasteiger partial charge in [-0.3, -0.25) is 4.79 Å². The summed E-state index contributed by atoms with van der Waals surface area (Å²) in [7, 11) is 0. The summed E-state index contributed by atoms with van der Waals surface area (Å²) < 4.78 is 15.6. The molecule has 1 aromatic carbocycles. The topological polar surface area (TPSA) is 113 Å². The summed E-state index contributed by atoms with van der Waals surface area (Å²) in [6, 6.07) is 3.28. The molecule has 9 heteroatoms. The fourth-order valence-electron chi connectivity index (χ4n) is 2.10. The molecular formula is C15H19ClN4O4. The molecule has 0 unspecified atom stereocenters. The Morgan fingerprint density at radius 3 is 2.71 bits per heavy atom. The fraction of sp³-hybridized carbons (Fsp3) is 0.400. The number of nitrogens with two attached hydrogens (primary N) is 1. The smallest absolute Gasteiger partial charge is 0.231 e. The van der Waals surface area contributed by atoms with E-state index in [0.29, 0.717) is 41.0 Å². The maximum Gasteiger partial charge on any atom is 0.231 e. The first kappa shape index (κ1) is 17.9. The van der Waals surface area contributed by atoms with Crippen LogP contribution >= 0.6 is 12.4 Å². The molecule has 0 fully saturated rings. The molecule has 1 amide bonds. The van der Waals surface area contributed by atoms with Crippen LogP contribution in [0.25, 0.3) is 0 Å². The van der Waals surface area contributed by atoms with Crippen molar-refractivity contribution in [3.63, 3.8) is 0 Å². The molecule has 0 aliphatic carbocycles. The van der Waals surface area contributed by atoms with Crippen LogP contribution in [-0.4, -0.2) is 22.8 Å². The number of amides is 1. The van der Waals surface area contributed by atoms with Crippen LogP contribution in [0.3, 0.4) is 0 Å². The minimum absolute atomic E-state index is 0. The molecule has 130 valence electrons. The van der Waals surface area contributed by atoms with Crippen LogP contribution < -0.4 is 20.5 Å². The third kappa shape index (κ3) is 3.88. The van der Waals surface area contributed by atoms with Gasteiger partial charge in [0.2, 0.25) is 18.6 Å². The molecule has 24 heavy (non-hydrogen) atoms. The van der Waals surface area contributed by atoms with Crippen LogP contribution in [0.5, 0.6) is 11.5 Å². The van der Waals surface area contributed by atoms with Crippen molar-refractivity contribution in [2.24, 2.45) is 0 Å². The maximum absolute atomic E-state index is 12.1. The SMILES string of the molecule is CC(C)c1noc(CCC(=O)Nc2cc3c(cc2N)OCO3)n1.Cl. The van der Waals surface area contributed by atoms with Gasteiger partial charge in [-0.15, -0.1) is 12.4 Å². The van der Waals surface area contributed by atoms with Crippen LogP contribution in [0.15, 0.2) is 16.7 Å². The van der Waals surface area contributed by atoms with E-state index in [0.717, 1.165) is 0 Å². The predicted molar refractivity (Wildman–Crippen MR) is 89.6 cm³/mol. The molecule has 2 aromatic rings. The molecule has 0 saturated heterocycles. The number of halogens is 1. The lowest BCUT2D eigenvalue weighted by atomic mass is 10.2. The summed E-state index contributed by atoms with van der Waals surface area (Å²) in [5, 5.41) is 6.61. The fourth-order valence-corrected chi connectivity index (χ4v) is 2.10. The average Bonchev–Trinajstić information content (AvgIpc) is 3.14. The first-order valence-electron chi connectivity index (χ1n) is 7.34. The largest absolute Gasteiger partial charge is 0.454 e. The van der Waals surface area contributed by atoms with Crippen molar-refractivity contribution < 1.29 is 18.8 Å². The molecule has 2 heterocycles. The molecule has 0 bridgehead atoms. The van der Waals surface area contributed by atoms with Crippen LogP contribution in [0.1, 0.15) is 37.9 Å². The number of nitrogens with one attached hydrogen (secondary N) is 1. The van der Waals surface area contributed by atoms with Crippen LogP contribution in [0.2, 0.25) is 0 Å². The Balaban J connectivity index is 0.00000208. The lowest BCUT2D eigenvalue weighted by molar-refractivity contribution is -0.116. The van der Waals surface area contributed by atoms with Crippen molar-refractivity contribution in [1.82, 2.24) is 10.1 Å². The zero-order chi connectivity index (χ0) is 16.4. The first-order valence-corrected chi connectivity index (χ1v) is 7.34. The number of nitrogen functional groups attached to an aromatic ring is 1. The van der Waals surface area contributed by atoms with Crippen LogP contribution in [-0.2, 0) is 11.2 Å². The van der Waals surface area contributed by atoms with Gasteiger partial charge in [-0.25, -0.2) is 0 Å². The Bertz CT molecular complexity index is 732. The van der Waals surface area contributed by atoms with Gasteiger partial charge in [0.25, 0.3) is 0 Å². The predicted octanol–water partition coefficient (Wildman–Crippen LogP) is 2.50. The van der Waals surface area contributed by atoms with E-state index in [9.17, 15) is 4.79 Å². The molecule has 0 atom stereocenters. The van der Waals surface area contributed by atoms with Crippen LogP contribution in [0, 0.1) is 0 Å². The third-order valence-electron chi connectivity index (χ3n) is 3.38. The molecule has 0 spiro atoms. The van der Waals surface area contributed by atoms with E-state index in [-0.39, 0.29) is 37.4 Å². The standard InChI is InChI=1S/C15H18N4O4.ClH/c1-8(2)15-18-14(23-19-15)4-3-13(20)17-10-6-12-11(5-9(10)16)21-7-22-12;/h5-6,8H,3-4,7,16H2,1-2H3,(H,17,20);1H. The number of benzene rings is 1. The number of hydrogen-bond acceptors (Lipinski definition) is 7. The number of fused-ring (bicyclic) bond motifs is 1. The summed E-state index contributed by atoms with van der Waals surface area (Å²) in [5.41, 5.74) is 6.81.